The summed E-state index contributed by atoms with van der Waals surface area (Å²) in [6, 6.07) is 10.0. The fourth-order valence-electron chi connectivity index (χ4n) is 6.10. The van der Waals surface area contributed by atoms with Crippen LogP contribution in [0.25, 0.3) is 16.7 Å². The second kappa shape index (κ2) is 6.99. The van der Waals surface area contributed by atoms with Crippen molar-refractivity contribution >= 4 is 16.7 Å². The number of rotatable bonds is 4. The average molecular weight is 431 g/mol. The summed E-state index contributed by atoms with van der Waals surface area (Å²) in [5.41, 5.74) is 3.27. The summed E-state index contributed by atoms with van der Waals surface area (Å²) >= 11 is 0. The number of nitrogens with zero attached hydrogens (tertiary/aromatic N) is 6. The molecule has 2 aromatic heterocycles. The molecule has 0 radical (unpaired) electrons. The van der Waals surface area contributed by atoms with Gasteiger partial charge in [-0.05, 0) is 55.6 Å². The summed E-state index contributed by atoms with van der Waals surface area (Å²) in [6.45, 7) is 7.09. The monoisotopic (exact) mass is 430 g/mol. The van der Waals surface area contributed by atoms with Gasteiger partial charge in [0.25, 0.3) is 0 Å². The Labute approximate surface area is 188 Å². The Bertz CT molecular complexity index is 1160. The molecule has 3 atom stereocenters. The van der Waals surface area contributed by atoms with Crippen LogP contribution < -0.4 is 4.90 Å². The molecular formula is C25H30N6O. The van der Waals surface area contributed by atoms with Gasteiger partial charge >= 0.3 is 0 Å². The molecule has 2 aliphatic heterocycles. The van der Waals surface area contributed by atoms with Crippen molar-refractivity contribution in [3.05, 3.63) is 42.4 Å². The zero-order valence-corrected chi connectivity index (χ0v) is 18.7. The first-order valence-electron chi connectivity index (χ1n) is 12.1. The van der Waals surface area contributed by atoms with Crippen LogP contribution in [-0.4, -0.2) is 69.6 Å². The molecular weight excluding hydrogens is 400 g/mol. The molecule has 4 fully saturated rings. The number of hydrogen-bond donors (Lipinski definition) is 0. The van der Waals surface area contributed by atoms with E-state index < -0.39 is 0 Å². The van der Waals surface area contributed by atoms with Gasteiger partial charge in [-0.15, -0.1) is 0 Å². The van der Waals surface area contributed by atoms with E-state index in [1.807, 2.05) is 10.9 Å². The summed E-state index contributed by atoms with van der Waals surface area (Å²) in [7, 11) is 0. The highest BCUT2D eigenvalue weighted by atomic mass is 16.5. The van der Waals surface area contributed by atoms with Crippen LogP contribution in [0.4, 0.5) is 5.82 Å². The minimum Gasteiger partial charge on any atom is -0.380 e. The van der Waals surface area contributed by atoms with E-state index in [1.165, 1.54) is 30.2 Å². The number of benzene rings is 1. The van der Waals surface area contributed by atoms with Crippen LogP contribution in [0.15, 0.2) is 36.8 Å². The summed E-state index contributed by atoms with van der Waals surface area (Å²) in [4.78, 5) is 14.2. The van der Waals surface area contributed by atoms with E-state index in [0.717, 1.165) is 62.3 Å². The molecule has 4 aliphatic rings. The Balaban J connectivity index is 1.15. The van der Waals surface area contributed by atoms with Gasteiger partial charge in [0.1, 0.15) is 12.1 Å². The van der Waals surface area contributed by atoms with Crippen LogP contribution in [0.2, 0.25) is 0 Å². The molecule has 0 N–H and O–H groups in total. The molecule has 4 heterocycles. The van der Waals surface area contributed by atoms with Gasteiger partial charge in [0.05, 0.1) is 18.3 Å². The molecule has 166 valence electrons. The van der Waals surface area contributed by atoms with Crippen LogP contribution in [-0.2, 0) is 4.74 Å². The standard InChI is InChI=1S/C25H30N6O/c1-17-14-29(7-8-30(17)20-4-9-32-15-20)23-11-24(27-16-26-23)31-22-10-18(2-3-19(22)13-28-31)21-12-25(21)5-6-25/h2-3,10-11,13,16-17,20-21H,4-9,12,14-15H2,1H3. The van der Waals surface area contributed by atoms with Gasteiger partial charge in [-0.25, -0.2) is 14.6 Å². The molecule has 0 bridgehead atoms. The number of fused-ring (bicyclic) bond motifs is 1. The van der Waals surface area contributed by atoms with Crippen molar-refractivity contribution in [3.8, 4) is 5.82 Å². The Morgan fingerprint density at radius 1 is 1.09 bits per heavy atom. The molecule has 3 aromatic rings. The van der Waals surface area contributed by atoms with Gasteiger partial charge in [0.2, 0.25) is 0 Å². The van der Waals surface area contributed by atoms with Crippen LogP contribution >= 0.6 is 0 Å². The topological polar surface area (TPSA) is 59.3 Å². The van der Waals surface area contributed by atoms with Crippen LogP contribution in [0.1, 0.15) is 44.1 Å². The maximum Gasteiger partial charge on any atom is 0.159 e. The Morgan fingerprint density at radius 3 is 2.78 bits per heavy atom. The lowest BCUT2D eigenvalue weighted by molar-refractivity contribution is 0.105. The second-order valence-corrected chi connectivity index (χ2v) is 10.3. The highest BCUT2D eigenvalue weighted by Crippen LogP contribution is 2.75. The number of piperazine rings is 1. The molecule has 7 rings (SSSR count). The normalized spacial score (nSPS) is 29.2. The molecule has 1 aromatic carbocycles. The third kappa shape index (κ3) is 3.05. The quantitative estimate of drug-likeness (QED) is 0.633. The highest BCUT2D eigenvalue weighted by Gasteiger charge is 2.62. The first-order chi connectivity index (χ1) is 15.7. The fourth-order valence-corrected chi connectivity index (χ4v) is 6.10. The predicted molar refractivity (Wildman–Crippen MR) is 123 cm³/mol. The van der Waals surface area contributed by atoms with Crippen molar-refractivity contribution in [3.63, 3.8) is 0 Å². The molecule has 2 saturated heterocycles. The molecule has 2 saturated carbocycles. The van der Waals surface area contributed by atoms with Crippen molar-refractivity contribution in [2.75, 3.05) is 37.7 Å². The van der Waals surface area contributed by atoms with Crippen LogP contribution in [0.5, 0.6) is 0 Å². The number of anilines is 1. The highest BCUT2D eigenvalue weighted by molar-refractivity contribution is 5.81. The lowest BCUT2D eigenvalue weighted by Crippen LogP contribution is -2.55. The third-order valence-corrected chi connectivity index (χ3v) is 8.31. The maximum atomic E-state index is 5.62. The second-order valence-electron chi connectivity index (χ2n) is 10.3. The zero-order chi connectivity index (χ0) is 21.3. The molecule has 32 heavy (non-hydrogen) atoms. The molecule has 3 unspecified atom stereocenters. The van der Waals surface area contributed by atoms with Crippen molar-refractivity contribution < 1.29 is 4.74 Å². The Kier molecular flexibility index (Phi) is 4.15. The first-order valence-corrected chi connectivity index (χ1v) is 12.1. The Morgan fingerprint density at radius 2 is 2.00 bits per heavy atom. The zero-order valence-electron chi connectivity index (χ0n) is 18.7. The van der Waals surface area contributed by atoms with Crippen molar-refractivity contribution in [2.45, 2.75) is 50.6 Å². The van der Waals surface area contributed by atoms with E-state index in [-0.39, 0.29) is 0 Å². The molecule has 2 aliphatic carbocycles. The smallest absolute Gasteiger partial charge is 0.159 e. The number of aromatic nitrogens is 4. The summed E-state index contributed by atoms with van der Waals surface area (Å²) in [5.74, 6) is 2.58. The molecule has 7 nitrogen and oxygen atoms in total. The van der Waals surface area contributed by atoms with Crippen molar-refractivity contribution in [1.29, 1.82) is 0 Å². The van der Waals surface area contributed by atoms with Gasteiger partial charge in [-0.2, -0.15) is 5.10 Å². The summed E-state index contributed by atoms with van der Waals surface area (Å²) in [6.07, 6.45) is 8.96. The first kappa shape index (κ1) is 19.0. The van der Waals surface area contributed by atoms with Gasteiger partial charge < -0.3 is 9.64 Å². The van der Waals surface area contributed by atoms with Gasteiger partial charge in [0, 0.05) is 49.8 Å². The summed E-state index contributed by atoms with van der Waals surface area (Å²) in [5, 5.41) is 5.86. The fraction of sp³-hybridized carbons (Fsp3) is 0.560. The molecule has 1 spiro atoms. The van der Waals surface area contributed by atoms with Gasteiger partial charge in [-0.3, -0.25) is 4.90 Å². The van der Waals surface area contributed by atoms with E-state index in [9.17, 15) is 0 Å². The number of hydrogen-bond acceptors (Lipinski definition) is 6. The Hall–Kier alpha value is -2.51. The van der Waals surface area contributed by atoms with Crippen molar-refractivity contribution in [2.24, 2.45) is 5.41 Å². The predicted octanol–water partition coefficient (Wildman–Crippen LogP) is 3.38. The number of ether oxygens (including phenoxy) is 1. The van der Waals surface area contributed by atoms with Crippen molar-refractivity contribution in [1.82, 2.24) is 24.6 Å². The lowest BCUT2D eigenvalue weighted by atomic mass is 10.1. The third-order valence-electron chi connectivity index (χ3n) is 8.31. The average Bonchev–Trinajstić information content (AvgIpc) is 3.60. The lowest BCUT2D eigenvalue weighted by Gasteiger charge is -2.43. The van der Waals surface area contributed by atoms with E-state index in [4.69, 9.17) is 4.74 Å². The van der Waals surface area contributed by atoms with E-state index >= 15 is 0 Å². The van der Waals surface area contributed by atoms with E-state index in [0.29, 0.717) is 17.5 Å². The van der Waals surface area contributed by atoms with E-state index in [1.54, 1.807) is 6.33 Å². The van der Waals surface area contributed by atoms with E-state index in [2.05, 4.69) is 56.1 Å². The molecule has 7 heteroatoms. The van der Waals surface area contributed by atoms with Gasteiger partial charge in [0.15, 0.2) is 5.82 Å². The van der Waals surface area contributed by atoms with Crippen LogP contribution in [0.3, 0.4) is 0 Å². The molecule has 0 amide bonds. The maximum absolute atomic E-state index is 5.62. The summed E-state index contributed by atoms with van der Waals surface area (Å²) < 4.78 is 7.61. The van der Waals surface area contributed by atoms with Gasteiger partial charge in [-0.1, -0.05) is 12.1 Å². The largest absolute Gasteiger partial charge is 0.380 e. The SMILES string of the molecule is CC1CN(c2cc(-n3ncc4ccc(C5CC56CC6)cc43)ncn2)CCN1C1CCOC1. The minimum absolute atomic E-state index is 0.482. The minimum atomic E-state index is 0.482. The van der Waals surface area contributed by atoms with Crippen LogP contribution in [0, 0.1) is 5.41 Å².